The van der Waals surface area contributed by atoms with Crippen molar-refractivity contribution in [1.29, 1.82) is 0 Å². The summed E-state index contributed by atoms with van der Waals surface area (Å²) in [5.74, 6) is 1.67. The maximum absolute atomic E-state index is 5.31. The molecule has 0 spiro atoms. The Morgan fingerprint density at radius 2 is 2.00 bits per heavy atom. The van der Waals surface area contributed by atoms with Gasteiger partial charge in [0, 0.05) is 5.56 Å². The predicted molar refractivity (Wildman–Crippen MR) is 68.9 cm³/mol. The molecule has 1 aliphatic rings. The highest BCUT2D eigenvalue weighted by Gasteiger charge is 2.16. The lowest BCUT2D eigenvalue weighted by atomic mass is 9.83. The second-order valence-corrected chi connectivity index (χ2v) is 4.54. The van der Waals surface area contributed by atoms with Crippen LogP contribution in [0, 0.1) is 0 Å². The Morgan fingerprint density at radius 1 is 1.25 bits per heavy atom. The molecule has 0 atom stereocenters. The zero-order valence-corrected chi connectivity index (χ0v) is 10.0. The van der Waals surface area contributed by atoms with Gasteiger partial charge >= 0.3 is 0 Å². The molecule has 16 heavy (non-hydrogen) atoms. The first-order chi connectivity index (χ1) is 7.85. The van der Waals surface area contributed by atoms with E-state index < -0.39 is 0 Å². The summed E-state index contributed by atoms with van der Waals surface area (Å²) in [5.41, 5.74) is 2.57. The van der Waals surface area contributed by atoms with E-state index in [4.69, 9.17) is 4.74 Å². The molecular weight excluding hydrogens is 196 g/mol. The van der Waals surface area contributed by atoms with Crippen LogP contribution in [0.2, 0.25) is 0 Å². The maximum atomic E-state index is 5.31. The van der Waals surface area contributed by atoms with Crippen molar-refractivity contribution in [3.05, 3.63) is 35.9 Å². The molecule has 1 fully saturated rings. The van der Waals surface area contributed by atoms with E-state index in [1.165, 1.54) is 37.7 Å². The van der Waals surface area contributed by atoms with Crippen LogP contribution in [0.15, 0.2) is 24.8 Å². The Morgan fingerprint density at radius 3 is 2.62 bits per heavy atom. The molecule has 0 unspecified atom stereocenters. The molecule has 86 valence electrons. The highest BCUT2D eigenvalue weighted by atomic mass is 16.5. The van der Waals surface area contributed by atoms with E-state index in [-0.39, 0.29) is 0 Å². The van der Waals surface area contributed by atoms with Gasteiger partial charge in [0.25, 0.3) is 0 Å². The lowest BCUT2D eigenvalue weighted by Gasteiger charge is -2.22. The largest absolute Gasteiger partial charge is 0.496 e. The quantitative estimate of drug-likeness (QED) is 0.728. The summed E-state index contributed by atoms with van der Waals surface area (Å²) >= 11 is 0. The fourth-order valence-electron chi connectivity index (χ4n) is 2.60. The first kappa shape index (κ1) is 11.3. The van der Waals surface area contributed by atoms with Crippen LogP contribution in [0.4, 0.5) is 0 Å². The summed E-state index contributed by atoms with van der Waals surface area (Å²) in [6, 6.07) is 6.52. The van der Waals surface area contributed by atoms with Crippen molar-refractivity contribution in [2.45, 2.75) is 38.0 Å². The molecule has 0 saturated heterocycles. The van der Waals surface area contributed by atoms with Crippen LogP contribution >= 0.6 is 0 Å². The van der Waals surface area contributed by atoms with E-state index in [0.717, 1.165) is 17.2 Å². The number of ether oxygens (including phenoxy) is 1. The van der Waals surface area contributed by atoms with E-state index in [9.17, 15) is 0 Å². The van der Waals surface area contributed by atoms with Gasteiger partial charge in [0.2, 0.25) is 0 Å². The Hall–Kier alpha value is -1.24. The Balaban J connectivity index is 2.24. The van der Waals surface area contributed by atoms with Crippen molar-refractivity contribution in [2.24, 2.45) is 0 Å². The molecule has 1 nitrogen and oxygen atoms in total. The zero-order chi connectivity index (χ0) is 11.4. The molecule has 0 amide bonds. The monoisotopic (exact) mass is 216 g/mol. The molecular formula is C15H20O. The second-order valence-electron chi connectivity index (χ2n) is 4.54. The average molecular weight is 216 g/mol. The van der Waals surface area contributed by atoms with Gasteiger partial charge in [-0.15, -0.1) is 0 Å². The van der Waals surface area contributed by atoms with Crippen LogP contribution in [0.3, 0.4) is 0 Å². The summed E-state index contributed by atoms with van der Waals surface area (Å²) in [4.78, 5) is 0. The summed E-state index contributed by atoms with van der Waals surface area (Å²) < 4.78 is 5.31. The summed E-state index contributed by atoms with van der Waals surface area (Å²) in [6.45, 7) is 3.85. The molecule has 1 heteroatoms. The topological polar surface area (TPSA) is 9.23 Å². The Bertz CT molecular complexity index is 362. The van der Waals surface area contributed by atoms with Gasteiger partial charge in [0.1, 0.15) is 5.75 Å². The molecule has 1 aromatic rings. The van der Waals surface area contributed by atoms with E-state index in [0.29, 0.717) is 0 Å². The molecule has 0 aliphatic heterocycles. The Labute approximate surface area is 98.1 Å². The van der Waals surface area contributed by atoms with Gasteiger partial charge in [0.05, 0.1) is 7.11 Å². The molecule has 0 bridgehead atoms. The van der Waals surface area contributed by atoms with Crippen molar-refractivity contribution in [1.82, 2.24) is 0 Å². The minimum atomic E-state index is 0.748. The fourth-order valence-corrected chi connectivity index (χ4v) is 2.60. The van der Waals surface area contributed by atoms with E-state index in [1.54, 1.807) is 7.11 Å². The number of hydrogen-bond acceptors (Lipinski definition) is 1. The highest BCUT2D eigenvalue weighted by molar-refractivity contribution is 5.57. The number of methoxy groups -OCH3 is 1. The van der Waals surface area contributed by atoms with Crippen LogP contribution in [-0.2, 0) is 0 Å². The lowest BCUT2D eigenvalue weighted by molar-refractivity contribution is 0.412. The van der Waals surface area contributed by atoms with E-state index in [2.05, 4.69) is 24.8 Å². The third-order valence-electron chi connectivity index (χ3n) is 3.55. The summed E-state index contributed by atoms with van der Waals surface area (Å²) in [6.07, 6.45) is 8.71. The summed E-state index contributed by atoms with van der Waals surface area (Å²) in [5, 5.41) is 0. The van der Waals surface area contributed by atoms with E-state index >= 15 is 0 Å². The smallest absolute Gasteiger partial charge is 0.126 e. The van der Waals surface area contributed by atoms with Gasteiger partial charge in [0.15, 0.2) is 0 Å². The number of hydrogen-bond donors (Lipinski definition) is 0. The fraction of sp³-hybridized carbons (Fsp3) is 0.467. The predicted octanol–water partition coefficient (Wildman–Crippen LogP) is 4.39. The molecule has 0 aromatic heterocycles. The molecule has 0 N–H and O–H groups in total. The van der Waals surface area contributed by atoms with Crippen LogP contribution in [0.1, 0.15) is 49.1 Å². The third kappa shape index (κ3) is 2.29. The standard InChI is InChI=1S/C15H20O/c1-3-12-11-14(9-10-15(12)16-2)13-7-5-4-6-8-13/h3,9-11,13H,1,4-8H2,2H3. The molecule has 0 radical (unpaired) electrons. The molecule has 0 heterocycles. The minimum absolute atomic E-state index is 0.748. The molecule has 1 saturated carbocycles. The highest BCUT2D eigenvalue weighted by Crippen LogP contribution is 2.34. The molecule has 1 aliphatic carbocycles. The Kier molecular flexibility index (Phi) is 3.66. The van der Waals surface area contributed by atoms with Gasteiger partial charge < -0.3 is 4.74 Å². The van der Waals surface area contributed by atoms with Gasteiger partial charge in [-0.2, -0.15) is 0 Å². The first-order valence-corrected chi connectivity index (χ1v) is 6.15. The van der Waals surface area contributed by atoms with Crippen molar-refractivity contribution >= 4 is 6.08 Å². The lowest BCUT2D eigenvalue weighted by Crippen LogP contribution is -2.04. The normalized spacial score (nSPS) is 17.1. The third-order valence-corrected chi connectivity index (χ3v) is 3.55. The van der Waals surface area contributed by atoms with E-state index in [1.807, 2.05) is 6.08 Å². The number of rotatable bonds is 3. The van der Waals surface area contributed by atoms with Crippen molar-refractivity contribution in [3.8, 4) is 5.75 Å². The van der Waals surface area contributed by atoms with Crippen LogP contribution < -0.4 is 4.74 Å². The molecule has 1 aromatic carbocycles. The molecule has 2 rings (SSSR count). The van der Waals surface area contributed by atoms with Gasteiger partial charge in [-0.05, 0) is 36.5 Å². The zero-order valence-electron chi connectivity index (χ0n) is 10.0. The van der Waals surface area contributed by atoms with Crippen molar-refractivity contribution in [3.63, 3.8) is 0 Å². The summed E-state index contributed by atoms with van der Waals surface area (Å²) in [7, 11) is 1.71. The average Bonchev–Trinajstić information content (AvgIpc) is 2.39. The van der Waals surface area contributed by atoms with Crippen molar-refractivity contribution in [2.75, 3.05) is 7.11 Å². The van der Waals surface area contributed by atoms with Crippen LogP contribution in [-0.4, -0.2) is 7.11 Å². The van der Waals surface area contributed by atoms with Crippen LogP contribution in [0.25, 0.3) is 6.08 Å². The van der Waals surface area contributed by atoms with Gasteiger partial charge in [-0.25, -0.2) is 0 Å². The second kappa shape index (κ2) is 5.20. The first-order valence-electron chi connectivity index (χ1n) is 6.15. The van der Waals surface area contributed by atoms with Crippen LogP contribution in [0.5, 0.6) is 5.75 Å². The number of benzene rings is 1. The maximum Gasteiger partial charge on any atom is 0.126 e. The minimum Gasteiger partial charge on any atom is -0.496 e. The van der Waals surface area contributed by atoms with Gasteiger partial charge in [-0.1, -0.05) is 38.0 Å². The SMILES string of the molecule is C=Cc1cc(C2CCCCC2)ccc1OC. The van der Waals surface area contributed by atoms with Crippen molar-refractivity contribution < 1.29 is 4.74 Å². The van der Waals surface area contributed by atoms with Gasteiger partial charge in [-0.3, -0.25) is 0 Å².